The van der Waals surface area contributed by atoms with Crippen molar-refractivity contribution in [3.63, 3.8) is 0 Å². The molecule has 1 aromatic heterocycles. The normalized spacial score (nSPS) is 10.7. The Hall–Kier alpha value is -2.51. The van der Waals surface area contributed by atoms with E-state index < -0.39 is 0 Å². The first-order valence-electron chi connectivity index (χ1n) is 8.02. The Bertz CT molecular complexity index is 945. The van der Waals surface area contributed by atoms with Crippen molar-refractivity contribution in [2.24, 2.45) is 5.10 Å². The first kappa shape index (κ1) is 19.3. The minimum absolute atomic E-state index is 0.284. The van der Waals surface area contributed by atoms with Crippen LogP contribution in [0.25, 0.3) is 0 Å². The Labute approximate surface area is 173 Å². The summed E-state index contributed by atoms with van der Waals surface area (Å²) < 4.78 is 7.81. The van der Waals surface area contributed by atoms with Gasteiger partial charge in [-0.05, 0) is 54.1 Å². The molecular formula is C20H15Br2N3O2. The molecule has 0 aliphatic rings. The van der Waals surface area contributed by atoms with Gasteiger partial charge in [-0.1, -0.05) is 37.9 Å². The SMILES string of the molecule is O=C(N/N=C\c1ccc(OCc2ccc(Br)cc2Br)cc1)c1ccncc1. The molecule has 0 saturated carbocycles. The third-order valence-electron chi connectivity index (χ3n) is 3.61. The number of rotatable bonds is 6. The summed E-state index contributed by atoms with van der Waals surface area (Å²) in [6, 6.07) is 16.7. The number of nitrogens with one attached hydrogen (secondary N) is 1. The Morgan fingerprint density at radius 3 is 2.52 bits per heavy atom. The first-order valence-corrected chi connectivity index (χ1v) is 9.60. The molecule has 5 nitrogen and oxygen atoms in total. The lowest BCUT2D eigenvalue weighted by molar-refractivity contribution is 0.0955. The van der Waals surface area contributed by atoms with Crippen molar-refractivity contribution in [1.82, 2.24) is 10.4 Å². The lowest BCUT2D eigenvalue weighted by Crippen LogP contribution is -2.17. The van der Waals surface area contributed by atoms with Gasteiger partial charge in [-0.15, -0.1) is 0 Å². The number of halogens is 2. The number of ether oxygens (including phenoxy) is 1. The Morgan fingerprint density at radius 1 is 1.07 bits per heavy atom. The lowest BCUT2D eigenvalue weighted by atomic mass is 10.2. The maximum absolute atomic E-state index is 11.9. The van der Waals surface area contributed by atoms with E-state index in [-0.39, 0.29) is 5.91 Å². The van der Waals surface area contributed by atoms with Crippen molar-refractivity contribution < 1.29 is 9.53 Å². The van der Waals surface area contributed by atoms with Crippen molar-refractivity contribution in [2.75, 3.05) is 0 Å². The van der Waals surface area contributed by atoms with Crippen molar-refractivity contribution >= 4 is 44.0 Å². The van der Waals surface area contributed by atoms with Crippen LogP contribution in [0.3, 0.4) is 0 Å². The van der Waals surface area contributed by atoms with Gasteiger partial charge in [0.1, 0.15) is 12.4 Å². The quantitative estimate of drug-likeness (QED) is 0.394. The second-order valence-electron chi connectivity index (χ2n) is 5.53. The molecule has 0 atom stereocenters. The van der Waals surface area contributed by atoms with Crippen LogP contribution in [-0.4, -0.2) is 17.1 Å². The Balaban J connectivity index is 1.53. The van der Waals surface area contributed by atoms with E-state index in [0.717, 1.165) is 25.8 Å². The van der Waals surface area contributed by atoms with Crippen LogP contribution in [-0.2, 0) is 6.61 Å². The van der Waals surface area contributed by atoms with Crippen LogP contribution in [0.5, 0.6) is 5.75 Å². The maximum Gasteiger partial charge on any atom is 0.271 e. The fourth-order valence-corrected chi connectivity index (χ4v) is 3.34. The maximum atomic E-state index is 11.9. The van der Waals surface area contributed by atoms with E-state index in [1.807, 2.05) is 42.5 Å². The summed E-state index contributed by atoms with van der Waals surface area (Å²) in [6.07, 6.45) is 4.70. The Morgan fingerprint density at radius 2 is 1.81 bits per heavy atom. The first-order chi connectivity index (χ1) is 13.1. The molecule has 1 N–H and O–H groups in total. The van der Waals surface area contributed by atoms with E-state index in [0.29, 0.717) is 12.2 Å². The van der Waals surface area contributed by atoms with Crippen LogP contribution in [0.4, 0.5) is 0 Å². The number of carbonyl (C=O) groups is 1. The molecule has 0 fully saturated rings. The van der Waals surface area contributed by atoms with Crippen LogP contribution < -0.4 is 10.2 Å². The van der Waals surface area contributed by atoms with Crippen molar-refractivity contribution in [3.05, 3.63) is 92.6 Å². The van der Waals surface area contributed by atoms with Gasteiger partial charge in [0.05, 0.1) is 6.21 Å². The number of benzene rings is 2. The molecule has 27 heavy (non-hydrogen) atoms. The van der Waals surface area contributed by atoms with Crippen LogP contribution in [0.15, 0.2) is 81.0 Å². The number of pyridine rings is 1. The molecule has 0 unspecified atom stereocenters. The molecule has 2 aromatic carbocycles. The number of amides is 1. The van der Waals surface area contributed by atoms with Gasteiger partial charge >= 0.3 is 0 Å². The average Bonchev–Trinajstić information content (AvgIpc) is 2.69. The number of hydrazone groups is 1. The zero-order chi connectivity index (χ0) is 19.1. The van der Waals surface area contributed by atoms with Gasteiger partial charge in [0.2, 0.25) is 0 Å². The third-order valence-corrected chi connectivity index (χ3v) is 4.84. The number of hydrogen-bond acceptors (Lipinski definition) is 4. The summed E-state index contributed by atoms with van der Waals surface area (Å²) in [5, 5.41) is 3.96. The molecule has 1 heterocycles. The van der Waals surface area contributed by atoms with E-state index in [1.165, 1.54) is 0 Å². The number of nitrogens with zero attached hydrogens (tertiary/aromatic N) is 2. The van der Waals surface area contributed by atoms with E-state index in [1.54, 1.807) is 30.7 Å². The molecule has 136 valence electrons. The fraction of sp³-hybridized carbons (Fsp3) is 0.0500. The predicted molar refractivity (Wildman–Crippen MR) is 112 cm³/mol. The molecule has 0 bridgehead atoms. The third kappa shape index (κ3) is 5.74. The number of aromatic nitrogens is 1. The van der Waals surface area contributed by atoms with E-state index in [9.17, 15) is 4.79 Å². The second kappa shape index (κ2) is 9.43. The standard InChI is InChI=1S/C20H15Br2N3O2/c21-17-4-3-16(19(22)11-17)13-27-18-5-1-14(2-6-18)12-24-25-20(26)15-7-9-23-10-8-15/h1-12H,13H2,(H,25,26)/b24-12-. The van der Waals surface area contributed by atoms with E-state index >= 15 is 0 Å². The van der Waals surface area contributed by atoms with Crippen LogP contribution in [0.2, 0.25) is 0 Å². The summed E-state index contributed by atoms with van der Waals surface area (Å²) in [4.78, 5) is 15.7. The van der Waals surface area contributed by atoms with Gasteiger partial charge in [0.15, 0.2) is 0 Å². The second-order valence-corrected chi connectivity index (χ2v) is 7.30. The highest BCUT2D eigenvalue weighted by Gasteiger charge is 2.03. The highest BCUT2D eigenvalue weighted by molar-refractivity contribution is 9.11. The topological polar surface area (TPSA) is 63.6 Å². The van der Waals surface area contributed by atoms with Crippen LogP contribution >= 0.6 is 31.9 Å². The smallest absolute Gasteiger partial charge is 0.271 e. The van der Waals surface area contributed by atoms with Gasteiger partial charge in [-0.2, -0.15) is 5.10 Å². The van der Waals surface area contributed by atoms with E-state index in [4.69, 9.17) is 4.74 Å². The lowest BCUT2D eigenvalue weighted by Gasteiger charge is -2.08. The zero-order valence-electron chi connectivity index (χ0n) is 14.1. The summed E-state index contributed by atoms with van der Waals surface area (Å²) in [7, 11) is 0. The minimum Gasteiger partial charge on any atom is -0.489 e. The molecule has 0 aliphatic heterocycles. The summed E-state index contributed by atoms with van der Waals surface area (Å²) >= 11 is 6.95. The van der Waals surface area contributed by atoms with Gasteiger partial charge < -0.3 is 4.74 Å². The highest BCUT2D eigenvalue weighted by Crippen LogP contribution is 2.23. The van der Waals surface area contributed by atoms with Gasteiger partial charge in [0.25, 0.3) is 5.91 Å². The van der Waals surface area contributed by atoms with Crippen LogP contribution in [0.1, 0.15) is 21.5 Å². The predicted octanol–water partition coefficient (Wildman–Crippen LogP) is 4.95. The number of hydrogen-bond donors (Lipinski definition) is 1. The number of carbonyl (C=O) groups excluding carboxylic acids is 1. The molecule has 7 heteroatoms. The zero-order valence-corrected chi connectivity index (χ0v) is 17.3. The van der Waals surface area contributed by atoms with E-state index in [2.05, 4.69) is 47.4 Å². The molecular weight excluding hydrogens is 474 g/mol. The molecule has 3 aromatic rings. The molecule has 0 saturated heterocycles. The van der Waals surface area contributed by atoms with Gasteiger partial charge in [-0.25, -0.2) is 5.43 Å². The summed E-state index contributed by atoms with van der Waals surface area (Å²) in [5.41, 5.74) is 4.89. The van der Waals surface area contributed by atoms with Gasteiger partial charge in [-0.3, -0.25) is 9.78 Å². The summed E-state index contributed by atoms with van der Waals surface area (Å²) in [6.45, 7) is 0.462. The molecule has 3 rings (SSSR count). The average molecular weight is 489 g/mol. The van der Waals surface area contributed by atoms with Crippen LogP contribution in [0, 0.1) is 0 Å². The molecule has 1 amide bonds. The molecule has 0 spiro atoms. The molecule has 0 aliphatic carbocycles. The Kier molecular flexibility index (Phi) is 6.73. The highest BCUT2D eigenvalue weighted by atomic mass is 79.9. The van der Waals surface area contributed by atoms with Crippen molar-refractivity contribution in [2.45, 2.75) is 6.61 Å². The van der Waals surface area contributed by atoms with Crippen molar-refractivity contribution in [1.29, 1.82) is 0 Å². The molecule has 0 radical (unpaired) electrons. The fourth-order valence-electron chi connectivity index (χ4n) is 2.18. The largest absolute Gasteiger partial charge is 0.489 e. The van der Waals surface area contributed by atoms with Crippen molar-refractivity contribution in [3.8, 4) is 5.75 Å². The van der Waals surface area contributed by atoms with Gasteiger partial charge in [0, 0.05) is 32.5 Å². The monoisotopic (exact) mass is 487 g/mol. The summed E-state index contributed by atoms with van der Waals surface area (Å²) in [5.74, 6) is 0.469. The minimum atomic E-state index is -0.284.